The Labute approximate surface area is 113 Å². The number of amides is 1. The third-order valence-electron chi connectivity index (χ3n) is 4.23. The maximum atomic E-state index is 12.2. The molecule has 1 heterocycles. The molecule has 2 aliphatic rings. The number of benzene rings is 1. The summed E-state index contributed by atoms with van der Waals surface area (Å²) in [6, 6.07) is 5.55. The first-order valence-electron chi connectivity index (χ1n) is 7.01. The van der Waals surface area contributed by atoms with Crippen molar-refractivity contribution in [2.24, 2.45) is 0 Å². The first-order chi connectivity index (χ1) is 9.15. The van der Waals surface area contributed by atoms with Gasteiger partial charge in [-0.1, -0.05) is 30.5 Å². The highest BCUT2D eigenvalue weighted by Crippen LogP contribution is 2.31. The predicted molar refractivity (Wildman–Crippen MR) is 72.9 cm³/mol. The van der Waals surface area contributed by atoms with Crippen LogP contribution in [-0.2, 0) is 4.79 Å². The molecule has 0 unspecified atom stereocenters. The Hall–Kier alpha value is -1.55. The van der Waals surface area contributed by atoms with Gasteiger partial charge in [0, 0.05) is 17.6 Å². The van der Waals surface area contributed by atoms with Gasteiger partial charge in [0.25, 0.3) is 0 Å². The molecule has 19 heavy (non-hydrogen) atoms. The molecule has 1 saturated heterocycles. The lowest BCUT2D eigenvalue weighted by Crippen LogP contribution is -2.61. The van der Waals surface area contributed by atoms with Gasteiger partial charge in [-0.3, -0.25) is 10.1 Å². The van der Waals surface area contributed by atoms with Crippen molar-refractivity contribution in [1.82, 2.24) is 10.6 Å². The van der Waals surface area contributed by atoms with Crippen molar-refractivity contribution in [3.05, 3.63) is 29.3 Å². The van der Waals surface area contributed by atoms with Crippen molar-refractivity contribution in [3.63, 3.8) is 0 Å². The smallest absolute Gasteiger partial charge is 0.242 e. The number of phenols is 1. The molecule has 1 amide bonds. The molecule has 3 atom stereocenters. The van der Waals surface area contributed by atoms with Crippen molar-refractivity contribution in [2.45, 2.75) is 50.7 Å². The minimum absolute atomic E-state index is 0.0240. The summed E-state index contributed by atoms with van der Waals surface area (Å²) in [6.07, 6.45) is 4.53. The van der Waals surface area contributed by atoms with Crippen LogP contribution in [0.3, 0.4) is 0 Å². The first kappa shape index (κ1) is 12.5. The van der Waals surface area contributed by atoms with E-state index in [2.05, 4.69) is 10.6 Å². The number of rotatable bonds is 1. The van der Waals surface area contributed by atoms with Gasteiger partial charge in [0.05, 0.1) is 0 Å². The zero-order valence-electron chi connectivity index (χ0n) is 11.1. The molecule has 4 heteroatoms. The van der Waals surface area contributed by atoms with Gasteiger partial charge >= 0.3 is 0 Å². The van der Waals surface area contributed by atoms with E-state index in [1.807, 2.05) is 19.1 Å². The molecule has 4 nitrogen and oxygen atoms in total. The molecule has 1 aromatic carbocycles. The van der Waals surface area contributed by atoms with E-state index in [4.69, 9.17) is 0 Å². The Balaban J connectivity index is 1.88. The van der Waals surface area contributed by atoms with E-state index in [0.717, 1.165) is 18.4 Å². The van der Waals surface area contributed by atoms with Gasteiger partial charge < -0.3 is 10.4 Å². The molecule has 1 aliphatic heterocycles. The molecule has 1 saturated carbocycles. The van der Waals surface area contributed by atoms with E-state index in [0.29, 0.717) is 11.6 Å². The molecule has 3 rings (SSSR count). The summed E-state index contributed by atoms with van der Waals surface area (Å²) >= 11 is 0. The zero-order chi connectivity index (χ0) is 13.4. The van der Waals surface area contributed by atoms with Gasteiger partial charge in [-0.2, -0.15) is 0 Å². The Morgan fingerprint density at radius 1 is 1.21 bits per heavy atom. The average molecular weight is 260 g/mol. The van der Waals surface area contributed by atoms with E-state index in [1.165, 1.54) is 12.8 Å². The molecule has 0 bridgehead atoms. The summed E-state index contributed by atoms with van der Waals surface area (Å²) < 4.78 is 0. The molecular weight excluding hydrogens is 240 g/mol. The van der Waals surface area contributed by atoms with Gasteiger partial charge in [-0.05, 0) is 25.8 Å². The summed E-state index contributed by atoms with van der Waals surface area (Å²) in [5.74, 6) is 0.163. The standard InChI is InChI=1S/C15H20N2O2/c1-9-6-7-13(18)10(8-9)14-15(19)17-12-5-3-2-4-11(12)16-14/h6-8,11-12,14,16,18H,2-5H2,1H3,(H,17,19)/t11-,12-,14-/m0/s1. The molecule has 0 spiro atoms. The van der Waals surface area contributed by atoms with Crippen LogP contribution in [0.2, 0.25) is 0 Å². The average Bonchev–Trinajstić information content (AvgIpc) is 2.41. The first-order valence-corrected chi connectivity index (χ1v) is 7.01. The number of hydrogen-bond donors (Lipinski definition) is 3. The number of phenolic OH excluding ortho intramolecular Hbond substituents is 1. The van der Waals surface area contributed by atoms with Gasteiger partial charge in [0.15, 0.2) is 0 Å². The highest BCUT2D eigenvalue weighted by atomic mass is 16.3. The van der Waals surface area contributed by atoms with Gasteiger partial charge in [0.2, 0.25) is 5.91 Å². The molecule has 102 valence electrons. The van der Waals surface area contributed by atoms with E-state index in [-0.39, 0.29) is 17.7 Å². The van der Waals surface area contributed by atoms with Crippen LogP contribution in [0.4, 0.5) is 0 Å². The van der Waals surface area contributed by atoms with Gasteiger partial charge in [-0.15, -0.1) is 0 Å². The fourth-order valence-corrected chi connectivity index (χ4v) is 3.20. The second-order valence-electron chi connectivity index (χ2n) is 5.67. The number of carbonyl (C=O) groups is 1. The maximum Gasteiger partial charge on any atom is 0.242 e. The lowest BCUT2D eigenvalue weighted by atomic mass is 9.86. The third-order valence-corrected chi connectivity index (χ3v) is 4.23. The molecule has 0 aromatic heterocycles. The molecule has 2 fully saturated rings. The van der Waals surface area contributed by atoms with E-state index >= 15 is 0 Å². The van der Waals surface area contributed by atoms with E-state index < -0.39 is 6.04 Å². The number of fused-ring (bicyclic) bond motifs is 1. The molecule has 1 aromatic rings. The summed E-state index contributed by atoms with van der Waals surface area (Å²) in [6.45, 7) is 1.97. The highest BCUT2D eigenvalue weighted by Gasteiger charge is 2.37. The number of carbonyl (C=O) groups excluding carboxylic acids is 1. The number of hydrogen-bond acceptors (Lipinski definition) is 3. The van der Waals surface area contributed by atoms with Crippen LogP contribution in [-0.4, -0.2) is 23.1 Å². The topological polar surface area (TPSA) is 61.4 Å². The Kier molecular flexibility index (Phi) is 3.19. The maximum absolute atomic E-state index is 12.2. The minimum atomic E-state index is -0.431. The van der Waals surface area contributed by atoms with Gasteiger partial charge in [0.1, 0.15) is 11.8 Å². The minimum Gasteiger partial charge on any atom is -0.508 e. The zero-order valence-corrected chi connectivity index (χ0v) is 11.1. The van der Waals surface area contributed by atoms with E-state index in [1.54, 1.807) is 6.07 Å². The van der Waals surface area contributed by atoms with Crippen molar-refractivity contribution in [3.8, 4) is 5.75 Å². The number of aromatic hydroxyl groups is 1. The van der Waals surface area contributed by atoms with Crippen LogP contribution in [0.25, 0.3) is 0 Å². The number of aryl methyl sites for hydroxylation is 1. The SMILES string of the molecule is Cc1ccc(O)c([C@@H]2N[C@H]3CCCC[C@@H]3NC2=O)c1. The summed E-state index contributed by atoms with van der Waals surface area (Å²) in [5, 5.41) is 16.5. The fourth-order valence-electron chi connectivity index (χ4n) is 3.20. The van der Waals surface area contributed by atoms with Crippen molar-refractivity contribution in [1.29, 1.82) is 0 Å². The number of nitrogens with one attached hydrogen (secondary N) is 2. The second-order valence-corrected chi connectivity index (χ2v) is 5.67. The lowest BCUT2D eigenvalue weighted by Gasteiger charge is -2.40. The molecule has 3 N–H and O–H groups in total. The van der Waals surface area contributed by atoms with Crippen LogP contribution < -0.4 is 10.6 Å². The van der Waals surface area contributed by atoms with Crippen LogP contribution >= 0.6 is 0 Å². The van der Waals surface area contributed by atoms with Gasteiger partial charge in [-0.25, -0.2) is 0 Å². The second kappa shape index (κ2) is 4.85. The van der Waals surface area contributed by atoms with Crippen molar-refractivity contribution >= 4 is 5.91 Å². The van der Waals surface area contributed by atoms with E-state index in [9.17, 15) is 9.90 Å². The molecular formula is C15H20N2O2. The monoisotopic (exact) mass is 260 g/mol. The lowest BCUT2D eigenvalue weighted by molar-refractivity contribution is -0.127. The van der Waals surface area contributed by atoms with Crippen LogP contribution in [0.15, 0.2) is 18.2 Å². The predicted octanol–water partition coefficient (Wildman–Crippen LogP) is 1.77. The highest BCUT2D eigenvalue weighted by molar-refractivity contribution is 5.85. The Bertz CT molecular complexity index is 501. The van der Waals surface area contributed by atoms with Crippen LogP contribution in [0.1, 0.15) is 42.9 Å². The van der Waals surface area contributed by atoms with Crippen molar-refractivity contribution < 1.29 is 9.90 Å². The number of piperazine rings is 1. The van der Waals surface area contributed by atoms with Crippen LogP contribution in [0.5, 0.6) is 5.75 Å². The van der Waals surface area contributed by atoms with Crippen molar-refractivity contribution in [2.75, 3.05) is 0 Å². The normalized spacial score (nSPS) is 30.6. The Morgan fingerprint density at radius 3 is 2.74 bits per heavy atom. The third kappa shape index (κ3) is 2.32. The molecule has 0 radical (unpaired) electrons. The largest absolute Gasteiger partial charge is 0.508 e. The fraction of sp³-hybridized carbons (Fsp3) is 0.533. The quantitative estimate of drug-likeness (QED) is 0.721. The van der Waals surface area contributed by atoms with Crippen LogP contribution in [0, 0.1) is 6.92 Å². The summed E-state index contributed by atoms with van der Waals surface area (Å²) in [5.41, 5.74) is 1.73. The Morgan fingerprint density at radius 2 is 1.95 bits per heavy atom. The summed E-state index contributed by atoms with van der Waals surface area (Å²) in [4.78, 5) is 12.2. The molecule has 1 aliphatic carbocycles. The summed E-state index contributed by atoms with van der Waals surface area (Å²) in [7, 11) is 0.